The fraction of sp³-hybridized carbons (Fsp3) is 0.438. The van der Waals surface area contributed by atoms with E-state index in [-0.39, 0.29) is 0 Å². The molecule has 4 nitrogen and oxygen atoms in total. The van der Waals surface area contributed by atoms with Gasteiger partial charge in [0.2, 0.25) is 5.88 Å². The van der Waals surface area contributed by atoms with E-state index < -0.39 is 0 Å². The molecule has 0 bridgehead atoms. The average Bonchev–Trinajstić information content (AvgIpc) is 3.21. The SMILES string of the molecule is CCc1ccc(CNc2ccc(N)c(OCC3CC3)n2)s1. The minimum absolute atomic E-state index is 0.548. The van der Waals surface area contributed by atoms with Crippen molar-refractivity contribution in [1.82, 2.24) is 4.98 Å². The smallest absolute Gasteiger partial charge is 0.239 e. The number of hydrogen-bond donors (Lipinski definition) is 2. The number of aromatic nitrogens is 1. The van der Waals surface area contributed by atoms with Crippen LogP contribution in [0.3, 0.4) is 0 Å². The van der Waals surface area contributed by atoms with Crippen molar-refractivity contribution in [3.63, 3.8) is 0 Å². The maximum Gasteiger partial charge on any atom is 0.239 e. The second-order valence-corrected chi connectivity index (χ2v) is 6.67. The first kappa shape index (κ1) is 14.2. The van der Waals surface area contributed by atoms with Crippen molar-refractivity contribution in [2.24, 2.45) is 5.92 Å². The van der Waals surface area contributed by atoms with Gasteiger partial charge >= 0.3 is 0 Å². The lowest BCUT2D eigenvalue weighted by Crippen LogP contribution is -2.06. The molecule has 0 aliphatic heterocycles. The number of nitrogen functional groups attached to an aromatic ring is 1. The molecule has 2 aromatic heterocycles. The number of nitrogens with one attached hydrogen (secondary N) is 1. The van der Waals surface area contributed by atoms with Gasteiger partial charge < -0.3 is 15.8 Å². The Balaban J connectivity index is 1.60. The van der Waals surface area contributed by atoms with E-state index in [1.807, 2.05) is 23.5 Å². The fourth-order valence-corrected chi connectivity index (χ4v) is 2.93. The predicted molar refractivity (Wildman–Crippen MR) is 87.9 cm³/mol. The highest BCUT2D eigenvalue weighted by Gasteiger charge is 2.22. The number of nitrogens with two attached hydrogens (primary N) is 1. The van der Waals surface area contributed by atoms with Gasteiger partial charge in [0.25, 0.3) is 0 Å². The summed E-state index contributed by atoms with van der Waals surface area (Å²) in [5.41, 5.74) is 6.51. The molecular weight excluding hydrogens is 282 g/mol. The van der Waals surface area contributed by atoms with Crippen LogP contribution >= 0.6 is 11.3 Å². The molecule has 0 saturated heterocycles. The maximum absolute atomic E-state index is 5.91. The lowest BCUT2D eigenvalue weighted by Gasteiger charge is -2.10. The predicted octanol–water partition coefficient (Wildman–Crippen LogP) is 3.69. The number of ether oxygens (including phenoxy) is 1. The summed E-state index contributed by atoms with van der Waals surface area (Å²) in [6, 6.07) is 8.09. The van der Waals surface area contributed by atoms with Crippen LogP contribution in [0.4, 0.5) is 11.5 Å². The topological polar surface area (TPSA) is 60.2 Å². The summed E-state index contributed by atoms with van der Waals surface area (Å²) in [5, 5.41) is 3.33. The number of pyridine rings is 1. The number of anilines is 2. The standard InChI is InChI=1S/C16H21N3OS/c1-2-12-5-6-13(21-12)9-18-15-8-7-14(17)16(19-15)20-10-11-3-4-11/h5-8,11H,2-4,9-10,17H2,1H3,(H,18,19). The number of hydrogen-bond acceptors (Lipinski definition) is 5. The van der Waals surface area contributed by atoms with Crippen LogP contribution < -0.4 is 15.8 Å². The van der Waals surface area contributed by atoms with Gasteiger partial charge in [-0.15, -0.1) is 11.3 Å². The molecule has 0 spiro atoms. The van der Waals surface area contributed by atoms with Crippen LogP contribution in [-0.2, 0) is 13.0 Å². The minimum Gasteiger partial charge on any atom is -0.476 e. The third-order valence-corrected chi connectivity index (χ3v) is 4.78. The molecule has 3 N–H and O–H groups in total. The van der Waals surface area contributed by atoms with E-state index in [1.54, 1.807) is 0 Å². The van der Waals surface area contributed by atoms with Crippen molar-refractivity contribution >= 4 is 22.8 Å². The molecule has 1 saturated carbocycles. The molecule has 5 heteroatoms. The molecule has 1 aliphatic carbocycles. The quantitative estimate of drug-likeness (QED) is 0.819. The van der Waals surface area contributed by atoms with Gasteiger partial charge in [-0.05, 0) is 49.4 Å². The van der Waals surface area contributed by atoms with Crippen LogP contribution in [0.25, 0.3) is 0 Å². The van der Waals surface area contributed by atoms with Crippen LogP contribution in [-0.4, -0.2) is 11.6 Å². The Hall–Kier alpha value is -1.75. The lowest BCUT2D eigenvalue weighted by atomic mass is 10.3. The maximum atomic E-state index is 5.91. The molecule has 3 rings (SSSR count). The van der Waals surface area contributed by atoms with Gasteiger partial charge in [0.05, 0.1) is 18.8 Å². The van der Waals surface area contributed by atoms with Gasteiger partial charge in [0.15, 0.2) is 0 Å². The Morgan fingerprint density at radius 1 is 1.29 bits per heavy atom. The van der Waals surface area contributed by atoms with Gasteiger partial charge in [0.1, 0.15) is 5.82 Å². The second-order valence-electron chi connectivity index (χ2n) is 5.42. The number of thiophene rings is 1. The summed E-state index contributed by atoms with van der Waals surface area (Å²) in [4.78, 5) is 7.18. The van der Waals surface area contributed by atoms with Gasteiger partial charge in [-0.2, -0.15) is 4.98 Å². The Morgan fingerprint density at radius 2 is 2.10 bits per heavy atom. The summed E-state index contributed by atoms with van der Waals surface area (Å²) < 4.78 is 5.70. The largest absolute Gasteiger partial charge is 0.476 e. The summed E-state index contributed by atoms with van der Waals surface area (Å²) in [7, 11) is 0. The average molecular weight is 303 g/mol. The summed E-state index contributed by atoms with van der Waals surface area (Å²) in [6.45, 7) is 3.68. The molecule has 1 aliphatic rings. The molecule has 0 aromatic carbocycles. The van der Waals surface area contributed by atoms with Gasteiger partial charge in [-0.3, -0.25) is 0 Å². The van der Waals surface area contributed by atoms with Crippen LogP contribution in [0.1, 0.15) is 29.5 Å². The number of rotatable bonds is 7. The van der Waals surface area contributed by atoms with E-state index in [2.05, 4.69) is 29.4 Å². The molecular formula is C16H21N3OS. The lowest BCUT2D eigenvalue weighted by molar-refractivity contribution is 0.290. The zero-order valence-electron chi connectivity index (χ0n) is 12.3. The molecule has 0 atom stereocenters. The Labute approximate surface area is 129 Å². The van der Waals surface area contributed by atoms with Gasteiger partial charge in [-0.1, -0.05) is 6.92 Å². The van der Waals surface area contributed by atoms with E-state index in [1.165, 1.54) is 22.6 Å². The first-order valence-electron chi connectivity index (χ1n) is 7.45. The van der Waals surface area contributed by atoms with Crippen molar-refractivity contribution in [2.75, 3.05) is 17.7 Å². The fourth-order valence-electron chi connectivity index (χ4n) is 2.03. The van der Waals surface area contributed by atoms with Gasteiger partial charge in [-0.25, -0.2) is 0 Å². The van der Waals surface area contributed by atoms with Crippen LogP contribution in [0.15, 0.2) is 24.3 Å². The molecule has 0 radical (unpaired) electrons. The third-order valence-electron chi connectivity index (χ3n) is 3.55. The molecule has 1 fully saturated rings. The van der Waals surface area contributed by atoms with Crippen molar-refractivity contribution in [2.45, 2.75) is 32.7 Å². The zero-order valence-corrected chi connectivity index (χ0v) is 13.1. The summed E-state index contributed by atoms with van der Waals surface area (Å²) >= 11 is 1.84. The number of nitrogens with zero attached hydrogens (tertiary/aromatic N) is 1. The van der Waals surface area contributed by atoms with Crippen molar-refractivity contribution in [3.8, 4) is 5.88 Å². The third kappa shape index (κ3) is 3.88. The van der Waals surface area contributed by atoms with Crippen molar-refractivity contribution in [3.05, 3.63) is 34.0 Å². The highest BCUT2D eigenvalue weighted by molar-refractivity contribution is 7.12. The van der Waals surface area contributed by atoms with Gasteiger partial charge in [0, 0.05) is 9.75 Å². The zero-order chi connectivity index (χ0) is 14.7. The highest BCUT2D eigenvalue weighted by Crippen LogP contribution is 2.30. The first-order valence-corrected chi connectivity index (χ1v) is 8.27. The van der Waals surface area contributed by atoms with Crippen LogP contribution in [0.5, 0.6) is 5.88 Å². The molecule has 112 valence electrons. The van der Waals surface area contributed by atoms with Crippen LogP contribution in [0, 0.1) is 5.92 Å². The van der Waals surface area contributed by atoms with Crippen molar-refractivity contribution in [1.29, 1.82) is 0 Å². The molecule has 2 heterocycles. The normalized spacial score (nSPS) is 14.1. The molecule has 0 unspecified atom stereocenters. The molecule has 21 heavy (non-hydrogen) atoms. The summed E-state index contributed by atoms with van der Waals surface area (Å²) in [6.07, 6.45) is 3.61. The Bertz CT molecular complexity index is 607. The van der Waals surface area contributed by atoms with Crippen LogP contribution in [0.2, 0.25) is 0 Å². The van der Waals surface area contributed by atoms with E-state index in [0.717, 1.165) is 25.4 Å². The van der Waals surface area contributed by atoms with E-state index in [4.69, 9.17) is 10.5 Å². The van der Waals surface area contributed by atoms with E-state index in [9.17, 15) is 0 Å². The minimum atomic E-state index is 0.548. The molecule has 2 aromatic rings. The van der Waals surface area contributed by atoms with E-state index in [0.29, 0.717) is 17.5 Å². The van der Waals surface area contributed by atoms with E-state index >= 15 is 0 Å². The number of aryl methyl sites for hydroxylation is 1. The summed E-state index contributed by atoms with van der Waals surface area (Å²) in [5.74, 6) is 2.05. The molecule has 0 amide bonds. The monoisotopic (exact) mass is 303 g/mol. The Morgan fingerprint density at radius 3 is 2.81 bits per heavy atom. The Kier molecular flexibility index (Phi) is 4.29. The second kappa shape index (κ2) is 6.35. The highest BCUT2D eigenvalue weighted by atomic mass is 32.1. The van der Waals surface area contributed by atoms with Crippen molar-refractivity contribution < 1.29 is 4.74 Å². The first-order chi connectivity index (χ1) is 10.2.